The molecule has 2 heterocycles. The molecule has 0 amide bonds. The van der Waals surface area contributed by atoms with Crippen LogP contribution >= 0.6 is 15.9 Å². The third-order valence-electron chi connectivity index (χ3n) is 2.82. The number of halogens is 1. The highest BCUT2D eigenvalue weighted by Crippen LogP contribution is 2.30. The summed E-state index contributed by atoms with van der Waals surface area (Å²) in [7, 11) is 0. The lowest BCUT2D eigenvalue weighted by atomic mass is 10.2. The summed E-state index contributed by atoms with van der Waals surface area (Å²) < 4.78 is 6.49. The SMILES string of the molecule is Cc1cc([N+](=O)[O-])cc2nc(-c3cncc(Br)c3)oc12. The van der Waals surface area contributed by atoms with Crippen LogP contribution in [0.15, 0.2) is 39.5 Å². The van der Waals surface area contributed by atoms with E-state index >= 15 is 0 Å². The van der Waals surface area contributed by atoms with E-state index in [1.165, 1.54) is 12.1 Å². The van der Waals surface area contributed by atoms with Gasteiger partial charge in [0, 0.05) is 34.6 Å². The van der Waals surface area contributed by atoms with Gasteiger partial charge in [0.25, 0.3) is 5.69 Å². The number of pyridine rings is 1. The first-order chi connectivity index (χ1) is 9.54. The summed E-state index contributed by atoms with van der Waals surface area (Å²) in [6.07, 6.45) is 3.28. The molecule has 100 valence electrons. The zero-order valence-electron chi connectivity index (χ0n) is 10.3. The first kappa shape index (κ1) is 12.7. The molecule has 0 bridgehead atoms. The Bertz CT molecular complexity index is 829. The van der Waals surface area contributed by atoms with E-state index in [4.69, 9.17) is 4.42 Å². The molecule has 3 aromatic rings. The number of hydrogen-bond acceptors (Lipinski definition) is 5. The monoisotopic (exact) mass is 333 g/mol. The van der Waals surface area contributed by atoms with Crippen molar-refractivity contribution in [2.75, 3.05) is 0 Å². The van der Waals surface area contributed by atoms with Gasteiger partial charge < -0.3 is 4.42 Å². The highest BCUT2D eigenvalue weighted by molar-refractivity contribution is 9.10. The van der Waals surface area contributed by atoms with Crippen LogP contribution in [0.2, 0.25) is 0 Å². The van der Waals surface area contributed by atoms with Gasteiger partial charge in [0.15, 0.2) is 5.58 Å². The zero-order chi connectivity index (χ0) is 14.3. The molecule has 0 radical (unpaired) electrons. The lowest BCUT2D eigenvalue weighted by molar-refractivity contribution is -0.384. The second-order valence-electron chi connectivity index (χ2n) is 4.28. The van der Waals surface area contributed by atoms with E-state index in [2.05, 4.69) is 25.9 Å². The van der Waals surface area contributed by atoms with Crippen LogP contribution in [0.1, 0.15) is 5.56 Å². The Morgan fingerprint density at radius 3 is 2.80 bits per heavy atom. The predicted octanol–water partition coefficient (Wildman–Crippen LogP) is 3.87. The molecule has 2 aromatic heterocycles. The molecule has 0 aliphatic rings. The number of fused-ring (bicyclic) bond motifs is 1. The third kappa shape index (κ3) is 2.16. The number of benzene rings is 1. The van der Waals surface area contributed by atoms with E-state index in [-0.39, 0.29) is 5.69 Å². The number of nitro benzene ring substituents is 1. The van der Waals surface area contributed by atoms with Crippen LogP contribution in [-0.4, -0.2) is 14.9 Å². The molecule has 0 N–H and O–H groups in total. The van der Waals surface area contributed by atoms with Gasteiger partial charge in [0.1, 0.15) is 5.52 Å². The molecule has 20 heavy (non-hydrogen) atoms. The Hall–Kier alpha value is -2.28. The minimum absolute atomic E-state index is 0.00205. The maximum Gasteiger partial charge on any atom is 0.272 e. The Morgan fingerprint density at radius 2 is 2.10 bits per heavy atom. The largest absolute Gasteiger partial charge is 0.436 e. The van der Waals surface area contributed by atoms with Crippen molar-refractivity contribution in [2.24, 2.45) is 0 Å². The highest BCUT2D eigenvalue weighted by Gasteiger charge is 2.16. The van der Waals surface area contributed by atoms with Gasteiger partial charge in [-0.25, -0.2) is 4.98 Å². The van der Waals surface area contributed by atoms with Crippen LogP contribution in [0.4, 0.5) is 5.69 Å². The van der Waals surface area contributed by atoms with Crippen LogP contribution in [-0.2, 0) is 0 Å². The summed E-state index contributed by atoms with van der Waals surface area (Å²) in [5.74, 6) is 0.386. The van der Waals surface area contributed by atoms with Crippen molar-refractivity contribution in [3.8, 4) is 11.5 Å². The predicted molar refractivity (Wildman–Crippen MR) is 76.3 cm³/mol. The first-order valence-electron chi connectivity index (χ1n) is 5.71. The third-order valence-corrected chi connectivity index (χ3v) is 3.26. The molecule has 0 unspecified atom stereocenters. The normalized spacial score (nSPS) is 10.9. The molecule has 0 fully saturated rings. The molecule has 0 saturated carbocycles. The molecule has 1 aromatic carbocycles. The minimum atomic E-state index is -0.443. The lowest BCUT2D eigenvalue weighted by Gasteiger charge is -1.95. The van der Waals surface area contributed by atoms with Crippen LogP contribution in [0, 0.1) is 17.0 Å². The maximum atomic E-state index is 10.8. The van der Waals surface area contributed by atoms with Gasteiger partial charge in [-0.2, -0.15) is 0 Å². The van der Waals surface area contributed by atoms with E-state index in [1.807, 2.05) is 6.07 Å². The van der Waals surface area contributed by atoms with Gasteiger partial charge in [-0.05, 0) is 28.9 Å². The average molecular weight is 334 g/mol. The zero-order valence-corrected chi connectivity index (χ0v) is 11.9. The fraction of sp³-hybridized carbons (Fsp3) is 0.0769. The molecule has 3 rings (SSSR count). The van der Waals surface area contributed by atoms with Crippen LogP contribution < -0.4 is 0 Å². The van der Waals surface area contributed by atoms with Crippen molar-refractivity contribution in [3.05, 3.63) is 50.7 Å². The molecule has 0 atom stereocenters. The van der Waals surface area contributed by atoms with Crippen molar-refractivity contribution >= 4 is 32.7 Å². The van der Waals surface area contributed by atoms with Crippen molar-refractivity contribution in [1.29, 1.82) is 0 Å². The van der Waals surface area contributed by atoms with Gasteiger partial charge in [-0.15, -0.1) is 0 Å². The van der Waals surface area contributed by atoms with Crippen LogP contribution in [0.25, 0.3) is 22.6 Å². The van der Waals surface area contributed by atoms with E-state index in [0.717, 1.165) is 4.47 Å². The second-order valence-corrected chi connectivity index (χ2v) is 5.19. The number of aryl methyl sites for hydroxylation is 1. The summed E-state index contributed by atoms with van der Waals surface area (Å²) in [6, 6.07) is 4.69. The molecule has 7 heteroatoms. The Balaban J connectivity index is 2.20. The Labute approximate surface area is 121 Å². The molecule has 0 aliphatic heterocycles. The number of oxazole rings is 1. The second kappa shape index (κ2) is 4.68. The fourth-order valence-electron chi connectivity index (χ4n) is 1.94. The molecule has 0 saturated heterocycles. The smallest absolute Gasteiger partial charge is 0.272 e. The summed E-state index contributed by atoms with van der Waals surface area (Å²) in [5, 5.41) is 10.8. The number of nitro groups is 1. The molecular formula is C13H8BrN3O3. The van der Waals surface area contributed by atoms with Gasteiger partial charge in [-0.1, -0.05) is 0 Å². The number of non-ortho nitro benzene ring substituents is 1. The Kier molecular flexibility index (Phi) is 2.98. The quantitative estimate of drug-likeness (QED) is 0.525. The highest BCUT2D eigenvalue weighted by atomic mass is 79.9. The van der Waals surface area contributed by atoms with Gasteiger partial charge in [0.2, 0.25) is 5.89 Å². The van der Waals surface area contributed by atoms with Crippen molar-refractivity contribution in [3.63, 3.8) is 0 Å². The van der Waals surface area contributed by atoms with E-state index in [1.54, 1.807) is 19.3 Å². The Morgan fingerprint density at radius 1 is 1.30 bits per heavy atom. The number of aromatic nitrogens is 2. The lowest BCUT2D eigenvalue weighted by Crippen LogP contribution is -1.88. The standard InChI is InChI=1S/C13H8BrN3O3/c1-7-2-10(17(18)19)4-11-12(7)20-13(16-11)8-3-9(14)6-15-5-8/h2-6H,1H3. The minimum Gasteiger partial charge on any atom is -0.436 e. The molecular weight excluding hydrogens is 326 g/mol. The van der Waals surface area contributed by atoms with E-state index in [0.29, 0.717) is 28.1 Å². The summed E-state index contributed by atoms with van der Waals surface area (Å²) in [5.41, 5.74) is 2.40. The fourth-order valence-corrected chi connectivity index (χ4v) is 2.30. The van der Waals surface area contributed by atoms with Crippen LogP contribution in [0.3, 0.4) is 0 Å². The summed E-state index contributed by atoms with van der Waals surface area (Å²) in [4.78, 5) is 18.7. The van der Waals surface area contributed by atoms with Gasteiger partial charge >= 0.3 is 0 Å². The average Bonchev–Trinajstić information content (AvgIpc) is 2.83. The van der Waals surface area contributed by atoms with Crippen molar-refractivity contribution in [1.82, 2.24) is 9.97 Å². The van der Waals surface area contributed by atoms with E-state index < -0.39 is 4.92 Å². The molecule has 0 spiro atoms. The maximum absolute atomic E-state index is 10.8. The van der Waals surface area contributed by atoms with Crippen molar-refractivity contribution < 1.29 is 9.34 Å². The first-order valence-corrected chi connectivity index (χ1v) is 6.50. The van der Waals surface area contributed by atoms with Crippen molar-refractivity contribution in [2.45, 2.75) is 6.92 Å². The summed E-state index contributed by atoms with van der Waals surface area (Å²) in [6.45, 7) is 1.75. The number of nitrogens with zero attached hydrogens (tertiary/aromatic N) is 3. The molecule has 6 nitrogen and oxygen atoms in total. The topological polar surface area (TPSA) is 82.1 Å². The number of hydrogen-bond donors (Lipinski definition) is 0. The van der Waals surface area contributed by atoms with Crippen LogP contribution in [0.5, 0.6) is 0 Å². The van der Waals surface area contributed by atoms with E-state index in [9.17, 15) is 10.1 Å². The number of rotatable bonds is 2. The van der Waals surface area contributed by atoms with Gasteiger partial charge in [0.05, 0.1) is 10.5 Å². The molecule has 0 aliphatic carbocycles. The van der Waals surface area contributed by atoms with Gasteiger partial charge in [-0.3, -0.25) is 15.1 Å². The summed E-state index contributed by atoms with van der Waals surface area (Å²) >= 11 is 3.33.